The molecule has 0 aliphatic rings. The van der Waals surface area contributed by atoms with Crippen molar-refractivity contribution in [1.29, 1.82) is 0 Å². The molecule has 3 aromatic rings. The zero-order valence-corrected chi connectivity index (χ0v) is 11.9. The molecule has 0 spiro atoms. The number of fused-ring (bicyclic) bond motifs is 1. The second-order valence-corrected chi connectivity index (χ2v) is 5.15. The highest BCUT2D eigenvalue weighted by Crippen LogP contribution is 2.23. The molecule has 0 fully saturated rings. The molecular weight excluding hydrogens is 246 g/mol. The van der Waals surface area contributed by atoms with Crippen molar-refractivity contribution in [3.05, 3.63) is 65.3 Å². The molecule has 0 aliphatic carbocycles. The van der Waals surface area contributed by atoms with Crippen LogP contribution in [-0.2, 0) is 7.05 Å². The fraction of sp³-hybridized carbons (Fsp3) is 0.176. The van der Waals surface area contributed by atoms with Crippen LogP contribution in [0.4, 0.5) is 5.69 Å². The first-order valence-corrected chi connectivity index (χ1v) is 6.56. The molecule has 98 valence electrons. The monoisotopic (exact) mass is 262 g/mol. The van der Waals surface area contributed by atoms with Gasteiger partial charge in [-0.1, -0.05) is 12.1 Å². The third-order valence-electron chi connectivity index (χ3n) is 3.78. The third kappa shape index (κ3) is 1.86. The van der Waals surface area contributed by atoms with E-state index >= 15 is 0 Å². The van der Waals surface area contributed by atoms with E-state index in [-0.39, 0.29) is 0 Å². The highest BCUT2D eigenvalue weighted by molar-refractivity contribution is 5.79. The Kier molecular flexibility index (Phi) is 2.80. The molecule has 0 saturated heterocycles. The molecule has 0 N–H and O–H groups in total. The van der Waals surface area contributed by atoms with E-state index in [1.54, 1.807) is 0 Å². The van der Waals surface area contributed by atoms with Crippen molar-refractivity contribution in [3.8, 4) is 5.69 Å². The quantitative estimate of drug-likeness (QED) is 0.469. The minimum Gasteiger partial charge on any atom is -0.238 e. The number of imidazole rings is 1. The van der Waals surface area contributed by atoms with E-state index in [9.17, 15) is 0 Å². The Morgan fingerprint density at radius 2 is 1.85 bits per heavy atom. The summed E-state index contributed by atoms with van der Waals surface area (Å²) in [6.07, 6.45) is 2.06. The first-order chi connectivity index (χ1) is 9.60. The Bertz CT molecular complexity index is 851. The minimum atomic E-state index is 0.668. The van der Waals surface area contributed by atoms with Crippen molar-refractivity contribution in [2.45, 2.75) is 13.8 Å². The second kappa shape index (κ2) is 4.50. The maximum Gasteiger partial charge on any atom is 0.249 e. The number of aromatic nitrogens is 2. The molecule has 1 heterocycles. The van der Waals surface area contributed by atoms with Crippen molar-refractivity contribution in [3.63, 3.8) is 0 Å². The SMILES string of the molecule is [C-]#[N+]c1ccc2c(c1)n(-c1ccc(C)c(C)c1)c[n+]2C. The Morgan fingerprint density at radius 3 is 2.55 bits per heavy atom. The number of benzene rings is 2. The van der Waals surface area contributed by atoms with Crippen LogP contribution in [0, 0.1) is 20.4 Å². The number of aryl methyl sites for hydroxylation is 3. The van der Waals surface area contributed by atoms with Gasteiger partial charge in [-0.15, -0.1) is 0 Å². The molecule has 0 unspecified atom stereocenters. The summed E-state index contributed by atoms with van der Waals surface area (Å²) in [7, 11) is 2.03. The topological polar surface area (TPSA) is 13.2 Å². The van der Waals surface area contributed by atoms with Crippen LogP contribution < -0.4 is 4.57 Å². The lowest BCUT2D eigenvalue weighted by atomic mass is 10.1. The van der Waals surface area contributed by atoms with Crippen LogP contribution in [-0.4, -0.2) is 4.57 Å². The van der Waals surface area contributed by atoms with Crippen LogP contribution in [0.15, 0.2) is 42.7 Å². The van der Waals surface area contributed by atoms with Crippen molar-refractivity contribution in [2.24, 2.45) is 7.05 Å². The summed E-state index contributed by atoms with van der Waals surface area (Å²) in [6.45, 7) is 11.4. The summed E-state index contributed by atoms with van der Waals surface area (Å²) in [5.41, 5.74) is 6.53. The van der Waals surface area contributed by atoms with E-state index in [0.717, 1.165) is 16.7 Å². The van der Waals surface area contributed by atoms with Gasteiger partial charge >= 0.3 is 0 Å². The molecule has 3 nitrogen and oxygen atoms in total. The van der Waals surface area contributed by atoms with Crippen LogP contribution in [0.3, 0.4) is 0 Å². The average Bonchev–Trinajstić information content (AvgIpc) is 2.78. The highest BCUT2D eigenvalue weighted by atomic mass is 15.1. The lowest BCUT2D eigenvalue weighted by molar-refractivity contribution is -0.645. The van der Waals surface area contributed by atoms with E-state index < -0.39 is 0 Å². The molecule has 0 atom stereocenters. The van der Waals surface area contributed by atoms with Crippen LogP contribution in [0.25, 0.3) is 21.6 Å². The summed E-state index contributed by atoms with van der Waals surface area (Å²) in [4.78, 5) is 3.52. The predicted octanol–water partition coefficient (Wildman–Crippen LogP) is 3.62. The first-order valence-electron chi connectivity index (χ1n) is 6.56. The van der Waals surface area contributed by atoms with Crippen molar-refractivity contribution in [2.75, 3.05) is 0 Å². The second-order valence-electron chi connectivity index (χ2n) is 5.15. The smallest absolute Gasteiger partial charge is 0.238 e. The van der Waals surface area contributed by atoms with E-state index in [0.29, 0.717) is 5.69 Å². The van der Waals surface area contributed by atoms with Gasteiger partial charge in [0.1, 0.15) is 5.69 Å². The van der Waals surface area contributed by atoms with Crippen LogP contribution in [0.1, 0.15) is 11.1 Å². The molecule has 2 aromatic carbocycles. The maximum absolute atomic E-state index is 7.17. The van der Waals surface area contributed by atoms with Crippen LogP contribution in [0.5, 0.6) is 0 Å². The fourth-order valence-corrected chi connectivity index (χ4v) is 2.45. The van der Waals surface area contributed by atoms with Gasteiger partial charge in [0.25, 0.3) is 0 Å². The normalized spacial score (nSPS) is 10.7. The van der Waals surface area contributed by atoms with Gasteiger partial charge in [-0.2, -0.15) is 4.57 Å². The van der Waals surface area contributed by atoms with Gasteiger partial charge < -0.3 is 0 Å². The summed E-state index contributed by atoms with van der Waals surface area (Å²) in [5.74, 6) is 0. The number of nitrogens with zero attached hydrogens (tertiary/aromatic N) is 3. The average molecular weight is 262 g/mol. The van der Waals surface area contributed by atoms with Gasteiger partial charge in [0.15, 0.2) is 16.7 Å². The lowest BCUT2D eigenvalue weighted by Gasteiger charge is -2.02. The Hall–Kier alpha value is -2.60. The molecule has 3 heteroatoms. The molecule has 3 rings (SSSR count). The van der Waals surface area contributed by atoms with Gasteiger partial charge in [0, 0.05) is 0 Å². The zero-order valence-electron chi connectivity index (χ0n) is 11.9. The molecule has 0 radical (unpaired) electrons. The molecule has 1 aromatic heterocycles. The molecule has 20 heavy (non-hydrogen) atoms. The van der Waals surface area contributed by atoms with Gasteiger partial charge in [-0.3, -0.25) is 0 Å². The molecular formula is C17H16N3+. The van der Waals surface area contributed by atoms with E-state index in [1.807, 2.05) is 25.2 Å². The maximum atomic E-state index is 7.17. The Balaban J connectivity index is 2.30. The van der Waals surface area contributed by atoms with Gasteiger partial charge in [-0.25, -0.2) is 9.41 Å². The van der Waals surface area contributed by atoms with Gasteiger partial charge in [0.05, 0.1) is 13.6 Å². The Labute approximate surface area is 118 Å². The summed E-state index contributed by atoms with van der Waals surface area (Å²) >= 11 is 0. The van der Waals surface area contributed by atoms with Crippen LogP contribution >= 0.6 is 0 Å². The van der Waals surface area contributed by atoms with Crippen molar-refractivity contribution in [1.82, 2.24) is 4.57 Å². The van der Waals surface area contributed by atoms with Gasteiger partial charge in [-0.05, 0) is 49.2 Å². The minimum absolute atomic E-state index is 0.668. The standard InChI is InChI=1S/C17H16N3/c1-12-5-7-15(9-13(12)2)20-11-19(4)16-8-6-14(18-3)10-17(16)20/h5-11H,1-2,4H3/q+1. The van der Waals surface area contributed by atoms with Crippen molar-refractivity contribution >= 4 is 16.7 Å². The molecule has 0 amide bonds. The summed E-state index contributed by atoms with van der Waals surface area (Å²) in [5, 5.41) is 0. The molecule has 0 bridgehead atoms. The molecule has 0 saturated carbocycles. The number of hydrogen-bond acceptors (Lipinski definition) is 0. The lowest BCUT2D eigenvalue weighted by Crippen LogP contribution is -2.25. The predicted molar refractivity (Wildman–Crippen MR) is 80.2 cm³/mol. The highest BCUT2D eigenvalue weighted by Gasteiger charge is 2.15. The number of rotatable bonds is 1. The van der Waals surface area contributed by atoms with E-state index in [2.05, 4.69) is 52.4 Å². The zero-order chi connectivity index (χ0) is 14.3. The van der Waals surface area contributed by atoms with Crippen molar-refractivity contribution < 1.29 is 4.57 Å². The third-order valence-corrected chi connectivity index (χ3v) is 3.78. The summed E-state index contributed by atoms with van der Waals surface area (Å²) in [6, 6.07) is 12.2. The Morgan fingerprint density at radius 1 is 1.05 bits per heavy atom. The largest absolute Gasteiger partial charge is 0.249 e. The van der Waals surface area contributed by atoms with Gasteiger partial charge in [0.2, 0.25) is 6.33 Å². The van der Waals surface area contributed by atoms with E-state index in [1.165, 1.54) is 11.1 Å². The van der Waals surface area contributed by atoms with E-state index in [4.69, 9.17) is 6.57 Å². The molecule has 0 aliphatic heterocycles. The first kappa shape index (κ1) is 12.4. The number of hydrogen-bond donors (Lipinski definition) is 0. The van der Waals surface area contributed by atoms with Crippen LogP contribution in [0.2, 0.25) is 0 Å². The fourth-order valence-electron chi connectivity index (χ4n) is 2.45. The summed E-state index contributed by atoms with van der Waals surface area (Å²) < 4.78 is 4.22.